The zero-order chi connectivity index (χ0) is 106. The van der Waals surface area contributed by atoms with E-state index >= 15 is 0 Å². The maximum absolute atomic E-state index is 12.6. The number of carbonyl (C=O) groups excluding carboxylic acids is 2. The Kier molecular flexibility index (Phi) is 29.3. The van der Waals surface area contributed by atoms with E-state index in [2.05, 4.69) is 97.7 Å². The van der Waals surface area contributed by atoms with Crippen molar-refractivity contribution in [2.75, 3.05) is 84.0 Å². The Morgan fingerprint density at radius 1 is 0.373 bits per heavy atom. The number of amides is 2. The molecular weight excluding hydrogens is 1910 g/mol. The molecule has 150 heavy (non-hydrogen) atoms. The average Bonchev–Trinajstić information content (AvgIpc) is 1.31. The van der Waals surface area contributed by atoms with Crippen molar-refractivity contribution in [3.8, 4) is 125 Å². The van der Waals surface area contributed by atoms with E-state index in [1.807, 2.05) is 154 Å². The number of hydrogen-bond donors (Lipinski definition) is 7. The van der Waals surface area contributed by atoms with Gasteiger partial charge >= 0.3 is 0 Å². The summed E-state index contributed by atoms with van der Waals surface area (Å²) in [6, 6.07) is 40.2. The average molecular weight is 2020 g/mol. The number of allylic oxidation sites excluding steroid dienone is 1. The van der Waals surface area contributed by atoms with Crippen molar-refractivity contribution in [3.63, 3.8) is 0 Å². The van der Waals surface area contributed by atoms with Gasteiger partial charge < -0.3 is 111 Å². The summed E-state index contributed by atoms with van der Waals surface area (Å²) in [5, 5.41) is 43.3. The van der Waals surface area contributed by atoms with Crippen LogP contribution >= 0.6 is 0 Å². The van der Waals surface area contributed by atoms with Crippen LogP contribution in [-0.2, 0) is 44.8 Å². The number of fused-ring (bicyclic) bond motifs is 27. The van der Waals surface area contributed by atoms with Crippen molar-refractivity contribution in [2.45, 2.75) is 99.8 Å². The van der Waals surface area contributed by atoms with Gasteiger partial charge in [0.15, 0.2) is 94.3 Å². The van der Waals surface area contributed by atoms with Crippen LogP contribution in [0, 0.1) is 72.2 Å². The van der Waals surface area contributed by atoms with Crippen LogP contribution in [0.1, 0.15) is 126 Å². The minimum atomic E-state index is -0.420. The number of benzene rings is 5. The van der Waals surface area contributed by atoms with Crippen LogP contribution in [0.4, 0.5) is 75.5 Å². The molecule has 0 fully saturated rings. The van der Waals surface area contributed by atoms with Crippen molar-refractivity contribution in [1.82, 2.24) is 73.8 Å². The van der Waals surface area contributed by atoms with Crippen LogP contribution in [0.2, 0.25) is 0 Å². The number of nitrogens with two attached hydrogens (primary N) is 5. The summed E-state index contributed by atoms with van der Waals surface area (Å²) in [5.74, 6) is 8.27. The van der Waals surface area contributed by atoms with Crippen LogP contribution in [0.25, 0.3) is 75.0 Å². The van der Waals surface area contributed by atoms with E-state index in [1.54, 1.807) is 108 Å². The van der Waals surface area contributed by atoms with Crippen LogP contribution < -0.4 is 96.4 Å². The number of ether oxygens (including phenoxy) is 11. The van der Waals surface area contributed by atoms with Gasteiger partial charge in [-0.3, -0.25) is 14.3 Å². The van der Waals surface area contributed by atoms with Gasteiger partial charge in [-0.05, 0) is 177 Å². The number of nitriles is 1. The predicted octanol–water partition coefficient (Wildman–Crippen LogP) is 18.2. The monoisotopic (exact) mass is 2010 g/mol. The molecule has 5 atom stereocenters. The van der Waals surface area contributed by atoms with E-state index in [-0.39, 0.29) is 97.1 Å². The van der Waals surface area contributed by atoms with E-state index in [9.17, 15) is 14.9 Å². The topological polar surface area (TPSA) is 513 Å². The number of nitrogens with one attached hydrogen (secondary N) is 2. The number of aliphatic imine (C=N–C) groups is 1. The summed E-state index contributed by atoms with van der Waals surface area (Å²) in [5.41, 5.74) is 46.9. The molecule has 43 heteroatoms. The van der Waals surface area contributed by atoms with Gasteiger partial charge in [-0.15, -0.1) is 0 Å². The second kappa shape index (κ2) is 43.3. The molecule has 10 bridgehead atoms. The minimum Gasteiger partial charge on any atom is -0.490 e. The van der Waals surface area contributed by atoms with Gasteiger partial charge in [0.05, 0.1) is 61.7 Å². The predicted molar refractivity (Wildman–Crippen MR) is 563 cm³/mol. The molecule has 0 unspecified atom stereocenters. The summed E-state index contributed by atoms with van der Waals surface area (Å²) in [6.07, 6.45) is 11.4. The second-order valence-corrected chi connectivity index (χ2v) is 35.4. The Morgan fingerprint density at radius 3 is 1.03 bits per heavy atom. The van der Waals surface area contributed by atoms with Crippen molar-refractivity contribution >= 4 is 99.4 Å². The number of carbonyl (C=O) groups is 2. The van der Waals surface area contributed by atoms with E-state index < -0.39 is 24.0 Å². The summed E-state index contributed by atoms with van der Waals surface area (Å²) in [4.78, 5) is 65.6. The smallest absolute Gasteiger partial charge is 0.263 e. The molecule has 6 aliphatic rings. The Morgan fingerprint density at radius 2 is 0.680 bits per heavy atom. The van der Waals surface area contributed by atoms with Gasteiger partial charge in [0, 0.05) is 88.8 Å². The van der Waals surface area contributed by atoms with Crippen LogP contribution in [0.15, 0.2) is 175 Å². The molecule has 43 nitrogen and oxygen atoms in total. The molecule has 0 radical (unpaired) electrons. The van der Waals surface area contributed by atoms with Crippen LogP contribution in [0.3, 0.4) is 0 Å². The van der Waals surface area contributed by atoms with Crippen LogP contribution in [0.5, 0.6) is 63.5 Å². The van der Waals surface area contributed by atoms with Gasteiger partial charge in [-0.2, -0.15) is 34.2 Å². The fraction of sp³-hybridized carbons (Fsp3) is 0.243. The summed E-state index contributed by atoms with van der Waals surface area (Å²) in [6.45, 7) is 50.4. The third-order valence-corrected chi connectivity index (χ3v) is 24.5. The number of anilines is 8. The summed E-state index contributed by atoms with van der Waals surface area (Å²) < 4.78 is 73.3. The fourth-order valence-corrected chi connectivity index (χ4v) is 17.2. The molecule has 6 aliphatic heterocycles. The number of rotatable bonds is 0. The molecule has 15 aromatic rings. The highest BCUT2D eigenvalue weighted by Crippen LogP contribution is 2.49. The van der Waals surface area contributed by atoms with E-state index in [1.165, 1.54) is 35.8 Å². The molecule has 10 aromatic heterocycles. The number of pyridine rings is 5. The fourth-order valence-electron chi connectivity index (χ4n) is 17.2. The molecule has 758 valence electrons. The Labute approximate surface area is 861 Å². The van der Waals surface area contributed by atoms with Crippen molar-refractivity contribution in [2.24, 2.45) is 45.3 Å². The maximum Gasteiger partial charge on any atom is 0.263 e. The first-order valence-corrected chi connectivity index (χ1v) is 47.0. The second-order valence-electron chi connectivity index (χ2n) is 35.4. The number of amidine groups is 1. The summed E-state index contributed by atoms with van der Waals surface area (Å²) >= 11 is 0. The van der Waals surface area contributed by atoms with Gasteiger partial charge in [-0.1, -0.05) is 111 Å². The standard InChI is InChI=1S/C23H20N8O.2C21H20N6O3.2C21H21N5O3/c1-13-6-7-17-16(9-13)14(2)32-19-10-15(12-26-22(19)25)21-18(11-24)30(3)29-23(21)28-20-5-4-8-27-31(17)20;2*1-11-5-6-15-14(7-11)12(2)30-16-8-13(9-24-19(16)22)18-20(25-17(28)10-29-15)26-27(4)21(18)23-3;2*1-12-5-6-16-15(9-12)13(2)29-17-10-14(11-24-19(17)22)18-20(23-3)26(4)25-21(18)28-8-7-27-16/h4-10,12,14H,1-3H3,(H2,25,26);2*5-9,12H,10H2,1-2,4H3,(H2,22,24)(H,25,26,28);2*5-6,9-11,13H,7-8H2,1-2,4H3,(H2,22,24)/t14-;2*12-;2*13-/m11010/s1. The van der Waals surface area contributed by atoms with Crippen molar-refractivity contribution in [1.29, 1.82) is 5.26 Å². The number of hydrazone groups is 1. The lowest BCUT2D eigenvalue weighted by atomic mass is 10.0. The zero-order valence-electron chi connectivity index (χ0n) is 84.3. The molecular formula is C107H102N30O13. The Bertz CT molecular complexity index is 7810. The highest BCUT2D eigenvalue weighted by Gasteiger charge is 2.34. The Hall–Kier alpha value is -20.0. The summed E-state index contributed by atoms with van der Waals surface area (Å²) in [7, 11) is 8.38. The molecule has 0 spiro atoms. The quantitative estimate of drug-likeness (QED) is 0.0693. The highest BCUT2D eigenvalue weighted by atomic mass is 16.5. The molecule has 0 aliphatic carbocycles. The molecule has 21 rings (SSSR count). The molecule has 16 heterocycles. The van der Waals surface area contributed by atoms with Crippen molar-refractivity contribution < 1.29 is 61.7 Å². The number of aromatic nitrogens is 15. The van der Waals surface area contributed by atoms with Gasteiger partial charge in [0.2, 0.25) is 0 Å². The minimum absolute atomic E-state index is 0.217. The van der Waals surface area contributed by atoms with Gasteiger partial charge in [0.25, 0.3) is 46.8 Å². The molecule has 0 saturated heterocycles. The van der Waals surface area contributed by atoms with Gasteiger partial charge in [0.1, 0.15) is 91.7 Å². The molecule has 0 saturated carbocycles. The van der Waals surface area contributed by atoms with Crippen LogP contribution in [-0.4, -0.2) is 137 Å². The van der Waals surface area contributed by atoms with E-state index in [0.717, 1.165) is 72.8 Å². The van der Waals surface area contributed by atoms with Gasteiger partial charge in [-0.25, -0.2) is 34.9 Å². The first-order chi connectivity index (χ1) is 72.1. The number of nitrogen functional groups attached to an aromatic ring is 5. The third-order valence-electron chi connectivity index (χ3n) is 24.5. The van der Waals surface area contributed by atoms with E-state index in [0.29, 0.717) is 150 Å². The normalized spacial score (nSPS) is 15.9. The first-order valence-electron chi connectivity index (χ1n) is 47.0. The lowest BCUT2D eigenvalue weighted by molar-refractivity contribution is -0.118. The first kappa shape index (κ1) is 101. The zero-order valence-corrected chi connectivity index (χ0v) is 84.3. The number of aryl methyl sites for hydroxylation is 10. The lowest BCUT2D eigenvalue weighted by Gasteiger charge is -2.27. The molecule has 5 aromatic carbocycles. The SMILES string of the molecule is Cc1ccc2c(c1)[C@@H](C)Oc1cc(cnc1N)-c1c(nn(C)c1C#N)N=C1C=CC=NN12.[C-]#[N+]c1c2c(nn1C)NC(=O)COc1ccc(C)cc1[C@@H](C)Oc1cc-2cnc1N.[C-]#[N+]c1c2c(nn1C)NC(=O)COc1ccc(C)cc1[C@H](C)Oc1cc-2cnc1N.[C-]#[N+]c1c2c(nn1C)OCCOc1ccc(C)cc1[C@@H](C)Oc1cc-2cnc1N.[C-]#[N+]c1c2c(nn1C)OCCOc1ccc(C)cc1[C@H](C)Oc1cc-2cnc1N. The lowest BCUT2D eigenvalue weighted by Crippen LogP contribution is -2.27. The van der Waals surface area contributed by atoms with E-state index in [4.69, 9.17) is 112 Å². The van der Waals surface area contributed by atoms with Crippen molar-refractivity contribution in [3.05, 3.63) is 271 Å². The number of hydrogen-bond acceptors (Lipinski definition) is 32. The molecule has 12 N–H and O–H groups in total. The number of nitrogens with zero attached hydrogens (tertiary/aromatic N) is 23. The third kappa shape index (κ3) is 21.3. The largest absolute Gasteiger partial charge is 0.490 e. The molecule has 2 amide bonds. The highest BCUT2D eigenvalue weighted by molar-refractivity contribution is 6.12. The maximum atomic E-state index is 12.6. The Balaban J connectivity index is 0.000000128.